The molecular formula is C10H10BrN7. The summed E-state index contributed by atoms with van der Waals surface area (Å²) in [6, 6.07) is 0. The Kier molecular flexibility index (Phi) is 2.93. The second-order valence-electron chi connectivity index (χ2n) is 3.66. The van der Waals surface area contributed by atoms with Gasteiger partial charge in [-0.25, -0.2) is 9.97 Å². The van der Waals surface area contributed by atoms with Crippen molar-refractivity contribution < 1.29 is 0 Å². The fraction of sp³-hybridized carbons (Fsp3) is 0.200. The molecule has 0 saturated carbocycles. The molecule has 0 aliphatic carbocycles. The van der Waals surface area contributed by atoms with Gasteiger partial charge in [-0.2, -0.15) is 0 Å². The summed E-state index contributed by atoms with van der Waals surface area (Å²) in [5.41, 5.74) is 0.803. The predicted octanol–water partition coefficient (Wildman–Crippen LogP) is 1.20. The summed E-state index contributed by atoms with van der Waals surface area (Å²) in [4.78, 5) is 8.63. The Labute approximate surface area is 111 Å². The smallest absolute Gasteiger partial charge is 0.180 e. The van der Waals surface area contributed by atoms with Crippen LogP contribution in [0.15, 0.2) is 35.6 Å². The van der Waals surface area contributed by atoms with Gasteiger partial charge in [-0.15, -0.1) is 5.10 Å². The van der Waals surface area contributed by atoms with E-state index in [1.165, 1.54) is 0 Å². The molecule has 7 nitrogen and oxygen atoms in total. The van der Waals surface area contributed by atoms with Crippen LogP contribution >= 0.6 is 15.9 Å². The maximum Gasteiger partial charge on any atom is 0.180 e. The van der Waals surface area contributed by atoms with E-state index in [-0.39, 0.29) is 0 Å². The molecule has 3 heterocycles. The summed E-state index contributed by atoms with van der Waals surface area (Å²) in [6.45, 7) is 1.43. The molecule has 18 heavy (non-hydrogen) atoms. The molecule has 0 aliphatic rings. The molecule has 0 fully saturated rings. The summed E-state index contributed by atoms with van der Waals surface area (Å²) in [5.74, 6) is 0.745. The van der Waals surface area contributed by atoms with Crippen LogP contribution < -0.4 is 5.32 Å². The first kappa shape index (κ1) is 11.1. The van der Waals surface area contributed by atoms with Gasteiger partial charge >= 0.3 is 0 Å². The quantitative estimate of drug-likeness (QED) is 0.784. The van der Waals surface area contributed by atoms with E-state index in [0.717, 1.165) is 22.6 Å². The zero-order valence-electron chi connectivity index (χ0n) is 9.36. The van der Waals surface area contributed by atoms with E-state index < -0.39 is 0 Å². The van der Waals surface area contributed by atoms with E-state index in [1.54, 1.807) is 17.1 Å². The van der Waals surface area contributed by atoms with Crippen molar-refractivity contribution in [2.24, 2.45) is 0 Å². The third-order valence-corrected chi connectivity index (χ3v) is 2.83. The molecule has 0 spiro atoms. The topological polar surface area (TPSA) is 72.9 Å². The summed E-state index contributed by atoms with van der Waals surface area (Å²) < 4.78 is 4.43. The van der Waals surface area contributed by atoms with Gasteiger partial charge < -0.3 is 9.72 Å². The van der Waals surface area contributed by atoms with Crippen molar-refractivity contribution in [2.45, 2.75) is 6.54 Å². The van der Waals surface area contributed by atoms with Gasteiger partial charge in [0.05, 0.1) is 12.7 Å². The number of imidazole rings is 1. The van der Waals surface area contributed by atoms with Crippen molar-refractivity contribution in [1.29, 1.82) is 0 Å². The molecule has 3 aromatic rings. The van der Waals surface area contributed by atoms with Gasteiger partial charge in [0.1, 0.15) is 4.60 Å². The number of fused-ring (bicyclic) bond motifs is 1. The van der Waals surface area contributed by atoms with Gasteiger partial charge in [-0.1, -0.05) is 5.21 Å². The lowest BCUT2D eigenvalue weighted by molar-refractivity contribution is 0.608. The Morgan fingerprint density at radius 2 is 2.22 bits per heavy atom. The van der Waals surface area contributed by atoms with Crippen molar-refractivity contribution in [3.05, 3.63) is 35.6 Å². The highest BCUT2D eigenvalue weighted by atomic mass is 79.9. The Morgan fingerprint density at radius 1 is 1.28 bits per heavy atom. The minimum atomic E-state index is 0.704. The largest absolute Gasteiger partial charge is 0.365 e. The van der Waals surface area contributed by atoms with Crippen molar-refractivity contribution >= 4 is 27.4 Å². The molecule has 0 amide bonds. The van der Waals surface area contributed by atoms with Crippen LogP contribution in [0.25, 0.3) is 5.65 Å². The van der Waals surface area contributed by atoms with E-state index >= 15 is 0 Å². The Bertz CT molecular complexity index is 645. The van der Waals surface area contributed by atoms with Gasteiger partial charge in [-0.3, -0.25) is 4.68 Å². The molecule has 0 aromatic carbocycles. The van der Waals surface area contributed by atoms with Crippen LogP contribution in [-0.2, 0) is 6.54 Å². The second-order valence-corrected chi connectivity index (χ2v) is 4.48. The highest BCUT2D eigenvalue weighted by Gasteiger charge is 2.05. The summed E-state index contributed by atoms with van der Waals surface area (Å²) in [5, 5.41) is 10.9. The third-order valence-electron chi connectivity index (χ3n) is 2.45. The highest BCUT2D eigenvalue weighted by Crippen LogP contribution is 2.16. The first-order valence-electron chi connectivity index (χ1n) is 5.40. The van der Waals surface area contributed by atoms with E-state index in [0.29, 0.717) is 6.54 Å². The molecule has 0 atom stereocenters. The van der Waals surface area contributed by atoms with Crippen molar-refractivity contribution in [3.8, 4) is 0 Å². The van der Waals surface area contributed by atoms with Crippen molar-refractivity contribution in [1.82, 2.24) is 29.4 Å². The minimum absolute atomic E-state index is 0.704. The Balaban J connectivity index is 1.75. The molecule has 0 radical (unpaired) electrons. The zero-order chi connectivity index (χ0) is 12.4. The molecule has 3 rings (SSSR count). The lowest BCUT2D eigenvalue weighted by atomic mass is 10.5. The molecule has 3 aromatic heterocycles. The standard InChI is InChI=1S/C10H10BrN7/c11-8-7-17-4-1-13-10(17)9(15-8)12-2-5-18-6-3-14-16-18/h1,3-4,6-7H,2,5H2,(H,12,15). The maximum absolute atomic E-state index is 4.37. The van der Waals surface area contributed by atoms with Crippen LogP contribution in [0, 0.1) is 0 Å². The average molecular weight is 308 g/mol. The SMILES string of the molecule is Brc1cn2ccnc2c(NCCn2ccnn2)n1. The lowest BCUT2D eigenvalue weighted by Crippen LogP contribution is -2.12. The predicted molar refractivity (Wildman–Crippen MR) is 69.2 cm³/mol. The zero-order valence-corrected chi connectivity index (χ0v) is 10.9. The van der Waals surface area contributed by atoms with Gasteiger partial charge in [-0.05, 0) is 15.9 Å². The van der Waals surface area contributed by atoms with Gasteiger partial charge in [0.15, 0.2) is 11.5 Å². The number of nitrogens with one attached hydrogen (secondary N) is 1. The first-order valence-corrected chi connectivity index (χ1v) is 6.19. The number of hydrogen-bond donors (Lipinski definition) is 1. The number of rotatable bonds is 4. The van der Waals surface area contributed by atoms with E-state index in [1.807, 2.05) is 23.0 Å². The monoisotopic (exact) mass is 307 g/mol. The van der Waals surface area contributed by atoms with Crippen LogP contribution in [0.1, 0.15) is 0 Å². The number of halogens is 1. The van der Waals surface area contributed by atoms with E-state index in [2.05, 4.69) is 41.5 Å². The van der Waals surface area contributed by atoms with Crippen LogP contribution in [0.3, 0.4) is 0 Å². The normalized spacial score (nSPS) is 10.9. The third kappa shape index (κ3) is 2.19. The second kappa shape index (κ2) is 4.73. The molecule has 0 aliphatic heterocycles. The number of nitrogens with zero attached hydrogens (tertiary/aromatic N) is 6. The molecule has 8 heteroatoms. The first-order chi connectivity index (χ1) is 8.83. The molecule has 0 unspecified atom stereocenters. The summed E-state index contributed by atoms with van der Waals surface area (Å²) in [7, 11) is 0. The molecular weight excluding hydrogens is 298 g/mol. The molecule has 92 valence electrons. The molecule has 0 bridgehead atoms. The maximum atomic E-state index is 4.37. The highest BCUT2D eigenvalue weighted by molar-refractivity contribution is 9.10. The van der Waals surface area contributed by atoms with E-state index in [9.17, 15) is 0 Å². The van der Waals surface area contributed by atoms with Crippen LogP contribution in [0.2, 0.25) is 0 Å². The average Bonchev–Trinajstić information content (AvgIpc) is 2.98. The fourth-order valence-electron chi connectivity index (χ4n) is 1.66. The van der Waals surface area contributed by atoms with Gasteiger partial charge in [0.25, 0.3) is 0 Å². The fourth-order valence-corrected chi connectivity index (χ4v) is 2.06. The number of aromatic nitrogens is 6. The molecule has 1 N–H and O–H groups in total. The number of hydrogen-bond acceptors (Lipinski definition) is 5. The van der Waals surface area contributed by atoms with Crippen LogP contribution in [0.5, 0.6) is 0 Å². The van der Waals surface area contributed by atoms with Gasteiger partial charge in [0, 0.05) is 31.3 Å². The van der Waals surface area contributed by atoms with Crippen molar-refractivity contribution in [3.63, 3.8) is 0 Å². The van der Waals surface area contributed by atoms with Crippen molar-refractivity contribution in [2.75, 3.05) is 11.9 Å². The number of anilines is 1. The lowest BCUT2D eigenvalue weighted by Gasteiger charge is -2.07. The minimum Gasteiger partial charge on any atom is -0.365 e. The van der Waals surface area contributed by atoms with Crippen LogP contribution in [0.4, 0.5) is 5.82 Å². The van der Waals surface area contributed by atoms with Gasteiger partial charge in [0.2, 0.25) is 0 Å². The van der Waals surface area contributed by atoms with Crippen LogP contribution in [-0.4, -0.2) is 35.9 Å². The Morgan fingerprint density at radius 3 is 3.06 bits per heavy atom. The molecule has 0 saturated heterocycles. The Hall–Kier alpha value is -1.96. The summed E-state index contributed by atoms with van der Waals surface area (Å²) >= 11 is 3.37. The summed E-state index contributed by atoms with van der Waals surface area (Å²) in [6.07, 6.45) is 8.96. The van der Waals surface area contributed by atoms with E-state index in [4.69, 9.17) is 0 Å².